The van der Waals surface area contributed by atoms with Gasteiger partial charge in [0, 0.05) is 12.8 Å². The molecular formula is C23H24N2O5. The molecule has 0 radical (unpaired) electrons. The summed E-state index contributed by atoms with van der Waals surface area (Å²) in [5.74, 6) is 1.10. The fourth-order valence-electron chi connectivity index (χ4n) is 2.69. The largest absolute Gasteiger partial charge is 0.467 e. The number of ether oxygens (including phenoxy) is 2. The molecule has 0 heterocycles. The number of hydrogen-bond acceptors (Lipinski definition) is 5. The van der Waals surface area contributed by atoms with Gasteiger partial charge >= 0.3 is 12.1 Å². The second kappa shape index (κ2) is 11.9. The lowest BCUT2D eigenvalue weighted by atomic mass is 10.0. The van der Waals surface area contributed by atoms with E-state index in [1.807, 2.05) is 60.7 Å². The highest BCUT2D eigenvalue weighted by molar-refractivity contribution is 5.90. The molecule has 7 nitrogen and oxygen atoms in total. The molecule has 156 valence electrons. The van der Waals surface area contributed by atoms with E-state index >= 15 is 0 Å². The van der Waals surface area contributed by atoms with Crippen LogP contribution in [-0.4, -0.2) is 37.2 Å². The number of nitrogens with one attached hydrogen (secondary N) is 2. The van der Waals surface area contributed by atoms with E-state index in [4.69, 9.17) is 11.2 Å². The second-order valence-corrected chi connectivity index (χ2v) is 6.44. The third-order valence-electron chi connectivity index (χ3n) is 4.23. The molecule has 0 saturated heterocycles. The Morgan fingerprint density at radius 1 is 0.933 bits per heavy atom. The van der Waals surface area contributed by atoms with Crippen molar-refractivity contribution in [3.63, 3.8) is 0 Å². The molecule has 0 aromatic heterocycles. The molecule has 2 amide bonds. The molecule has 0 aliphatic carbocycles. The zero-order chi connectivity index (χ0) is 21.8. The minimum atomic E-state index is -1.01. The number of carbonyl (C=O) groups is 3. The van der Waals surface area contributed by atoms with Crippen LogP contribution in [-0.2, 0) is 32.1 Å². The number of benzene rings is 2. The molecule has 0 bridgehead atoms. The first-order valence-electron chi connectivity index (χ1n) is 9.36. The van der Waals surface area contributed by atoms with Gasteiger partial charge in [-0.15, -0.1) is 12.3 Å². The fraction of sp³-hybridized carbons (Fsp3) is 0.261. The van der Waals surface area contributed by atoms with Gasteiger partial charge in [-0.3, -0.25) is 4.79 Å². The van der Waals surface area contributed by atoms with E-state index in [2.05, 4.69) is 21.3 Å². The SMILES string of the molecule is C#CC[C@@H](NC(=O)[C@H](Cc1ccccc1)NC(=O)OCc1ccccc1)C(=O)OC. The highest BCUT2D eigenvalue weighted by Crippen LogP contribution is 2.06. The Balaban J connectivity index is 2.07. The van der Waals surface area contributed by atoms with Gasteiger partial charge in [-0.2, -0.15) is 0 Å². The number of terminal acetylenes is 1. The average molecular weight is 408 g/mol. The second-order valence-electron chi connectivity index (χ2n) is 6.44. The zero-order valence-corrected chi connectivity index (χ0v) is 16.7. The van der Waals surface area contributed by atoms with Gasteiger partial charge in [0.2, 0.25) is 5.91 Å². The van der Waals surface area contributed by atoms with E-state index in [0.717, 1.165) is 11.1 Å². The highest BCUT2D eigenvalue weighted by Gasteiger charge is 2.27. The zero-order valence-electron chi connectivity index (χ0n) is 16.7. The highest BCUT2D eigenvalue weighted by atomic mass is 16.5. The predicted molar refractivity (Wildman–Crippen MR) is 111 cm³/mol. The van der Waals surface area contributed by atoms with Crippen molar-refractivity contribution in [3.8, 4) is 12.3 Å². The van der Waals surface area contributed by atoms with Crippen molar-refractivity contribution in [1.82, 2.24) is 10.6 Å². The predicted octanol–water partition coefficient (Wildman–Crippen LogP) is 2.21. The molecule has 0 saturated carbocycles. The summed E-state index contributed by atoms with van der Waals surface area (Å²) >= 11 is 0. The van der Waals surface area contributed by atoms with E-state index in [-0.39, 0.29) is 19.4 Å². The molecule has 2 aromatic rings. The molecule has 0 aliphatic heterocycles. The van der Waals surface area contributed by atoms with Crippen LogP contribution in [0.1, 0.15) is 17.5 Å². The molecule has 2 rings (SSSR count). The van der Waals surface area contributed by atoms with Gasteiger partial charge in [-0.1, -0.05) is 60.7 Å². The van der Waals surface area contributed by atoms with Gasteiger partial charge in [-0.05, 0) is 11.1 Å². The van der Waals surface area contributed by atoms with Crippen LogP contribution in [0.4, 0.5) is 4.79 Å². The quantitative estimate of drug-likeness (QED) is 0.490. The Morgan fingerprint density at radius 2 is 1.53 bits per heavy atom. The molecule has 2 N–H and O–H groups in total. The Kier molecular flexibility index (Phi) is 8.94. The van der Waals surface area contributed by atoms with Gasteiger partial charge in [0.25, 0.3) is 0 Å². The van der Waals surface area contributed by atoms with Crippen molar-refractivity contribution in [2.24, 2.45) is 0 Å². The van der Waals surface area contributed by atoms with Gasteiger partial charge in [0.05, 0.1) is 7.11 Å². The summed E-state index contributed by atoms with van der Waals surface area (Å²) in [7, 11) is 1.21. The minimum absolute atomic E-state index is 0.0328. The summed E-state index contributed by atoms with van der Waals surface area (Å²) in [4.78, 5) is 36.9. The van der Waals surface area contributed by atoms with Crippen LogP contribution in [0.2, 0.25) is 0 Å². The summed E-state index contributed by atoms with van der Waals surface area (Å²) in [6.07, 6.45) is 4.70. The maximum atomic E-state index is 12.8. The van der Waals surface area contributed by atoms with E-state index in [0.29, 0.717) is 0 Å². The Bertz CT molecular complexity index is 877. The van der Waals surface area contributed by atoms with Crippen LogP contribution in [0, 0.1) is 12.3 Å². The van der Waals surface area contributed by atoms with Crippen molar-refractivity contribution in [1.29, 1.82) is 0 Å². The minimum Gasteiger partial charge on any atom is -0.467 e. The molecule has 30 heavy (non-hydrogen) atoms. The van der Waals surface area contributed by atoms with Crippen molar-refractivity contribution in [3.05, 3.63) is 71.8 Å². The standard InChI is InChI=1S/C23H24N2O5/c1-3-10-19(22(27)29-2)24-21(26)20(15-17-11-6-4-7-12-17)25-23(28)30-16-18-13-8-5-9-14-18/h1,4-9,11-14,19-20H,10,15-16H2,2H3,(H,24,26)(H,25,28)/t19-,20+/m1/s1. The number of methoxy groups -OCH3 is 1. The third-order valence-corrected chi connectivity index (χ3v) is 4.23. The van der Waals surface area contributed by atoms with Crippen LogP contribution in [0.5, 0.6) is 0 Å². The fourth-order valence-corrected chi connectivity index (χ4v) is 2.69. The van der Waals surface area contributed by atoms with Gasteiger partial charge in [-0.25, -0.2) is 9.59 Å². The molecular weight excluding hydrogens is 384 g/mol. The van der Waals surface area contributed by atoms with Crippen LogP contribution in [0.15, 0.2) is 60.7 Å². The molecule has 0 fully saturated rings. The maximum absolute atomic E-state index is 12.8. The number of hydrogen-bond donors (Lipinski definition) is 2. The average Bonchev–Trinajstić information content (AvgIpc) is 2.77. The first kappa shape index (κ1) is 22.5. The van der Waals surface area contributed by atoms with Crippen molar-refractivity contribution in [2.75, 3.05) is 7.11 Å². The lowest BCUT2D eigenvalue weighted by Gasteiger charge is -2.21. The summed E-state index contributed by atoms with van der Waals surface area (Å²) < 4.78 is 9.88. The number of esters is 1. The topological polar surface area (TPSA) is 93.7 Å². The molecule has 2 aromatic carbocycles. The van der Waals surface area contributed by atoms with Crippen LogP contribution in [0.25, 0.3) is 0 Å². The summed E-state index contributed by atoms with van der Waals surface area (Å²) in [6.45, 7) is 0.0637. The van der Waals surface area contributed by atoms with Crippen molar-refractivity contribution in [2.45, 2.75) is 31.5 Å². The molecule has 0 spiro atoms. The maximum Gasteiger partial charge on any atom is 0.408 e. The summed E-state index contributed by atoms with van der Waals surface area (Å²) in [5.41, 5.74) is 1.64. The van der Waals surface area contributed by atoms with E-state index < -0.39 is 30.1 Å². The summed E-state index contributed by atoms with van der Waals surface area (Å²) in [6, 6.07) is 16.4. The molecule has 2 atom stereocenters. The number of alkyl carbamates (subject to hydrolysis) is 1. The Labute approximate surface area is 175 Å². The molecule has 0 unspecified atom stereocenters. The van der Waals surface area contributed by atoms with Crippen LogP contribution >= 0.6 is 0 Å². The Morgan fingerprint density at radius 3 is 2.10 bits per heavy atom. The van der Waals surface area contributed by atoms with E-state index in [1.54, 1.807) is 0 Å². The first-order valence-corrected chi connectivity index (χ1v) is 9.36. The monoisotopic (exact) mass is 408 g/mol. The Hall–Kier alpha value is -3.79. The van der Waals surface area contributed by atoms with Gasteiger partial charge in [0.15, 0.2) is 0 Å². The molecule has 0 aliphatic rings. The smallest absolute Gasteiger partial charge is 0.408 e. The lowest BCUT2D eigenvalue weighted by molar-refractivity contribution is -0.145. The normalized spacial score (nSPS) is 12.0. The third kappa shape index (κ3) is 7.32. The van der Waals surface area contributed by atoms with Gasteiger partial charge < -0.3 is 20.1 Å². The first-order chi connectivity index (χ1) is 14.5. The summed E-state index contributed by atoms with van der Waals surface area (Å²) in [5, 5.41) is 5.10. The lowest BCUT2D eigenvalue weighted by Crippen LogP contribution is -2.52. The number of amides is 2. The van der Waals surface area contributed by atoms with Crippen molar-refractivity contribution >= 4 is 18.0 Å². The van der Waals surface area contributed by atoms with Crippen LogP contribution in [0.3, 0.4) is 0 Å². The van der Waals surface area contributed by atoms with Crippen LogP contribution < -0.4 is 10.6 Å². The van der Waals surface area contributed by atoms with E-state index in [9.17, 15) is 14.4 Å². The number of carbonyl (C=O) groups excluding carboxylic acids is 3. The van der Waals surface area contributed by atoms with Crippen molar-refractivity contribution < 1.29 is 23.9 Å². The molecule has 7 heteroatoms. The van der Waals surface area contributed by atoms with Gasteiger partial charge in [0.1, 0.15) is 18.7 Å². The number of rotatable bonds is 9. The van der Waals surface area contributed by atoms with E-state index in [1.165, 1.54) is 7.11 Å².